The molecule has 0 spiro atoms. The van der Waals surface area contributed by atoms with E-state index in [4.69, 9.17) is 0 Å². The molecule has 0 aromatic rings. The highest BCUT2D eigenvalue weighted by Crippen LogP contribution is 2.45. The number of hydrogen-bond acceptors (Lipinski definition) is 0. The van der Waals surface area contributed by atoms with Gasteiger partial charge < -0.3 is 0 Å². The first-order valence-corrected chi connectivity index (χ1v) is 9.05. The molecule has 0 nitrogen and oxygen atoms in total. The Balaban J connectivity index is 2.34. The summed E-state index contributed by atoms with van der Waals surface area (Å²) in [5.74, 6) is 3.01. The van der Waals surface area contributed by atoms with Gasteiger partial charge >= 0.3 is 0 Å². The van der Waals surface area contributed by atoms with Crippen LogP contribution in [0.5, 0.6) is 0 Å². The lowest BCUT2D eigenvalue weighted by Gasteiger charge is -2.41. The molecule has 1 rings (SSSR count). The van der Waals surface area contributed by atoms with Gasteiger partial charge in [-0.3, -0.25) is 0 Å². The average molecular weight is 267 g/mol. The van der Waals surface area contributed by atoms with Gasteiger partial charge in [-0.15, -0.1) is 0 Å². The van der Waals surface area contributed by atoms with Crippen molar-refractivity contribution in [2.45, 2.75) is 98.8 Å². The fraction of sp³-hybridized carbons (Fsp3) is 1.00. The third-order valence-electron chi connectivity index (χ3n) is 5.98. The number of rotatable bonds is 10. The van der Waals surface area contributed by atoms with Crippen molar-refractivity contribution in [1.82, 2.24) is 0 Å². The monoisotopic (exact) mass is 266 g/mol. The molecule has 1 aliphatic carbocycles. The standard InChI is InChI=1S/C19H38/c1-6-11-17(16(7-2)8-3)12-10-15-19(4,5)18-13-9-14-18/h16-18H,6-15H2,1-5H3. The van der Waals surface area contributed by atoms with Crippen LogP contribution in [-0.4, -0.2) is 0 Å². The van der Waals surface area contributed by atoms with E-state index < -0.39 is 0 Å². The molecule has 0 aromatic carbocycles. The van der Waals surface area contributed by atoms with Gasteiger partial charge in [0.15, 0.2) is 0 Å². The molecule has 19 heavy (non-hydrogen) atoms. The molecule has 0 aliphatic heterocycles. The van der Waals surface area contributed by atoms with E-state index in [2.05, 4.69) is 34.6 Å². The first-order valence-electron chi connectivity index (χ1n) is 9.05. The van der Waals surface area contributed by atoms with E-state index in [0.717, 1.165) is 17.8 Å². The smallest absolute Gasteiger partial charge is 0.0326 e. The third kappa shape index (κ3) is 5.12. The van der Waals surface area contributed by atoms with Gasteiger partial charge in [0.25, 0.3) is 0 Å². The third-order valence-corrected chi connectivity index (χ3v) is 5.98. The van der Waals surface area contributed by atoms with Gasteiger partial charge in [0.1, 0.15) is 0 Å². The fourth-order valence-electron chi connectivity index (χ4n) is 4.16. The van der Waals surface area contributed by atoms with Crippen LogP contribution >= 0.6 is 0 Å². The molecule has 1 atom stereocenters. The minimum absolute atomic E-state index is 0.614. The SMILES string of the molecule is CCCC(CCCC(C)(C)C1CCC1)C(CC)CC. The normalized spacial score (nSPS) is 18.6. The van der Waals surface area contributed by atoms with Crippen LogP contribution in [-0.2, 0) is 0 Å². The lowest BCUT2D eigenvalue weighted by Crippen LogP contribution is -2.29. The number of hydrogen-bond donors (Lipinski definition) is 0. The fourth-order valence-corrected chi connectivity index (χ4v) is 4.16. The molecule has 1 saturated carbocycles. The molecule has 1 aliphatic rings. The molecule has 0 heteroatoms. The van der Waals surface area contributed by atoms with Crippen LogP contribution in [0, 0.1) is 23.2 Å². The maximum atomic E-state index is 2.52. The summed E-state index contributed by atoms with van der Waals surface area (Å²) in [5, 5.41) is 0. The molecule has 0 heterocycles. The van der Waals surface area contributed by atoms with E-state index in [1.807, 2.05) is 0 Å². The lowest BCUT2D eigenvalue weighted by molar-refractivity contribution is 0.103. The first kappa shape index (κ1) is 17.1. The zero-order valence-corrected chi connectivity index (χ0v) is 14.3. The van der Waals surface area contributed by atoms with Gasteiger partial charge in [0.2, 0.25) is 0 Å². The van der Waals surface area contributed by atoms with Crippen LogP contribution in [0.3, 0.4) is 0 Å². The van der Waals surface area contributed by atoms with E-state index in [1.165, 1.54) is 64.2 Å². The van der Waals surface area contributed by atoms with Gasteiger partial charge in [0, 0.05) is 0 Å². The van der Waals surface area contributed by atoms with Crippen molar-refractivity contribution < 1.29 is 0 Å². The second-order valence-corrected chi connectivity index (χ2v) is 7.63. The van der Waals surface area contributed by atoms with Crippen molar-refractivity contribution in [2.75, 3.05) is 0 Å². The van der Waals surface area contributed by atoms with Crippen LogP contribution in [0.2, 0.25) is 0 Å². The molecule has 1 unspecified atom stereocenters. The predicted octanol–water partition coefficient (Wildman–Crippen LogP) is 6.84. The van der Waals surface area contributed by atoms with Crippen LogP contribution < -0.4 is 0 Å². The zero-order chi connectivity index (χ0) is 14.3. The van der Waals surface area contributed by atoms with Gasteiger partial charge in [-0.1, -0.05) is 79.6 Å². The Labute approximate surface area is 122 Å². The first-order chi connectivity index (χ1) is 9.05. The summed E-state index contributed by atoms with van der Waals surface area (Å²) < 4.78 is 0. The van der Waals surface area contributed by atoms with Crippen molar-refractivity contribution in [2.24, 2.45) is 23.2 Å². The van der Waals surface area contributed by atoms with Gasteiger partial charge in [0.05, 0.1) is 0 Å². The Morgan fingerprint density at radius 3 is 2.00 bits per heavy atom. The van der Waals surface area contributed by atoms with Crippen LogP contribution in [0.1, 0.15) is 98.8 Å². The molecule has 0 amide bonds. The second kappa shape index (κ2) is 8.32. The Morgan fingerprint density at radius 1 is 0.947 bits per heavy atom. The quantitative estimate of drug-likeness (QED) is 0.406. The van der Waals surface area contributed by atoms with Crippen LogP contribution in [0.4, 0.5) is 0 Å². The minimum Gasteiger partial charge on any atom is -0.0654 e. The summed E-state index contributed by atoms with van der Waals surface area (Å²) in [6.07, 6.45) is 14.5. The topological polar surface area (TPSA) is 0 Å². The van der Waals surface area contributed by atoms with Crippen molar-refractivity contribution in [1.29, 1.82) is 0 Å². The predicted molar refractivity (Wildman–Crippen MR) is 87.4 cm³/mol. The van der Waals surface area contributed by atoms with Gasteiger partial charge in [-0.2, -0.15) is 0 Å². The summed E-state index contributed by atoms with van der Waals surface area (Å²) in [6, 6.07) is 0. The summed E-state index contributed by atoms with van der Waals surface area (Å²) in [5.41, 5.74) is 0.614. The molecule has 0 aromatic heterocycles. The zero-order valence-electron chi connectivity index (χ0n) is 14.3. The van der Waals surface area contributed by atoms with Crippen molar-refractivity contribution in [3.05, 3.63) is 0 Å². The van der Waals surface area contributed by atoms with Gasteiger partial charge in [-0.05, 0) is 42.4 Å². The maximum Gasteiger partial charge on any atom is -0.0326 e. The summed E-state index contributed by atoms with van der Waals surface area (Å²) in [6.45, 7) is 12.2. The Morgan fingerprint density at radius 2 is 1.58 bits per heavy atom. The van der Waals surface area contributed by atoms with Gasteiger partial charge in [-0.25, -0.2) is 0 Å². The Bertz CT molecular complexity index is 220. The van der Waals surface area contributed by atoms with E-state index in [1.54, 1.807) is 0 Å². The highest BCUT2D eigenvalue weighted by molar-refractivity contribution is 4.84. The van der Waals surface area contributed by atoms with E-state index in [9.17, 15) is 0 Å². The van der Waals surface area contributed by atoms with Crippen molar-refractivity contribution in [3.63, 3.8) is 0 Å². The van der Waals surface area contributed by atoms with Crippen LogP contribution in [0.15, 0.2) is 0 Å². The minimum atomic E-state index is 0.614. The largest absolute Gasteiger partial charge is 0.0654 e. The van der Waals surface area contributed by atoms with E-state index in [-0.39, 0.29) is 0 Å². The van der Waals surface area contributed by atoms with Crippen LogP contribution in [0.25, 0.3) is 0 Å². The second-order valence-electron chi connectivity index (χ2n) is 7.63. The van der Waals surface area contributed by atoms with E-state index >= 15 is 0 Å². The molecular weight excluding hydrogens is 228 g/mol. The summed E-state index contributed by atoms with van der Waals surface area (Å²) in [7, 11) is 0. The average Bonchev–Trinajstić information content (AvgIpc) is 2.27. The summed E-state index contributed by atoms with van der Waals surface area (Å²) >= 11 is 0. The molecular formula is C19H38. The maximum absolute atomic E-state index is 2.52. The lowest BCUT2D eigenvalue weighted by atomic mass is 9.65. The Kier molecular flexibility index (Phi) is 7.47. The van der Waals surface area contributed by atoms with Crippen molar-refractivity contribution in [3.8, 4) is 0 Å². The molecule has 114 valence electrons. The molecule has 1 fully saturated rings. The highest BCUT2D eigenvalue weighted by atomic mass is 14.4. The molecule has 0 N–H and O–H groups in total. The Hall–Kier alpha value is 0. The van der Waals surface area contributed by atoms with E-state index in [0.29, 0.717) is 5.41 Å². The summed E-state index contributed by atoms with van der Waals surface area (Å²) in [4.78, 5) is 0. The molecule has 0 radical (unpaired) electrons. The highest BCUT2D eigenvalue weighted by Gasteiger charge is 2.33. The van der Waals surface area contributed by atoms with Crippen molar-refractivity contribution >= 4 is 0 Å². The molecule has 0 saturated heterocycles. The molecule has 0 bridgehead atoms.